The molecule has 0 saturated carbocycles. The van der Waals surface area contributed by atoms with Crippen LogP contribution < -0.4 is 21.3 Å². The van der Waals surface area contributed by atoms with Gasteiger partial charge in [-0.3, -0.25) is 13.9 Å². The molecule has 0 atom stereocenters. The van der Waals surface area contributed by atoms with Crippen molar-refractivity contribution in [3.8, 4) is 17.6 Å². The summed E-state index contributed by atoms with van der Waals surface area (Å²) in [5, 5.41) is 12.2. The minimum Gasteiger partial charge on any atom is -0.457 e. The van der Waals surface area contributed by atoms with Crippen LogP contribution in [-0.2, 0) is 14.1 Å². The average molecular weight is 348 g/mol. The van der Waals surface area contributed by atoms with Gasteiger partial charge in [0.05, 0.1) is 0 Å². The van der Waals surface area contributed by atoms with E-state index in [0.717, 1.165) is 4.57 Å². The molecule has 1 heterocycles. The van der Waals surface area contributed by atoms with Crippen LogP contribution in [0, 0.1) is 11.3 Å². The first-order valence-electron chi connectivity index (χ1n) is 7.81. The van der Waals surface area contributed by atoms with Crippen molar-refractivity contribution in [3.63, 3.8) is 0 Å². The fourth-order valence-electron chi connectivity index (χ4n) is 2.46. The van der Waals surface area contributed by atoms with E-state index < -0.39 is 11.2 Å². The number of hydrogen-bond donors (Lipinski definition) is 1. The Morgan fingerprint density at radius 1 is 0.923 bits per heavy atom. The van der Waals surface area contributed by atoms with Crippen molar-refractivity contribution in [2.45, 2.75) is 0 Å². The largest absolute Gasteiger partial charge is 0.457 e. The lowest BCUT2D eigenvalue weighted by molar-refractivity contribution is 0.483. The minimum atomic E-state index is -0.637. The third-order valence-electron chi connectivity index (χ3n) is 3.87. The summed E-state index contributed by atoms with van der Waals surface area (Å²) in [4.78, 5) is 24.2. The van der Waals surface area contributed by atoms with Crippen LogP contribution in [0.5, 0.6) is 11.5 Å². The normalized spacial score (nSPS) is 10.2. The molecule has 7 heteroatoms. The molecule has 0 amide bonds. The summed E-state index contributed by atoms with van der Waals surface area (Å²) in [6.45, 7) is 0. The number of para-hydroxylation sites is 1. The maximum absolute atomic E-state index is 12.1. The second-order valence-electron chi connectivity index (χ2n) is 5.61. The SMILES string of the molecule is Cn1c(Nc2ccc(Oc3ccccc3)cc2)c(C#N)c(=O)n(C)c1=O. The lowest BCUT2D eigenvalue weighted by Gasteiger charge is -2.14. The monoisotopic (exact) mass is 348 g/mol. The Balaban J connectivity index is 1.90. The van der Waals surface area contributed by atoms with Crippen LogP contribution in [0.4, 0.5) is 11.5 Å². The van der Waals surface area contributed by atoms with Gasteiger partial charge in [-0.1, -0.05) is 18.2 Å². The zero-order valence-electron chi connectivity index (χ0n) is 14.3. The van der Waals surface area contributed by atoms with Gasteiger partial charge < -0.3 is 10.1 Å². The number of rotatable bonds is 4. The van der Waals surface area contributed by atoms with E-state index in [2.05, 4.69) is 5.32 Å². The van der Waals surface area contributed by atoms with Crippen molar-refractivity contribution in [1.82, 2.24) is 9.13 Å². The molecule has 7 nitrogen and oxygen atoms in total. The quantitative estimate of drug-likeness (QED) is 0.782. The molecule has 0 aliphatic heterocycles. The van der Waals surface area contributed by atoms with Gasteiger partial charge in [0.15, 0.2) is 5.56 Å². The van der Waals surface area contributed by atoms with E-state index in [9.17, 15) is 14.9 Å². The van der Waals surface area contributed by atoms with Crippen molar-refractivity contribution in [2.24, 2.45) is 14.1 Å². The molecule has 3 rings (SSSR count). The van der Waals surface area contributed by atoms with Crippen molar-refractivity contribution in [1.29, 1.82) is 5.26 Å². The Morgan fingerprint density at radius 2 is 1.54 bits per heavy atom. The molecule has 0 bridgehead atoms. The number of aromatic nitrogens is 2. The third kappa shape index (κ3) is 3.21. The van der Waals surface area contributed by atoms with Crippen LogP contribution in [0.25, 0.3) is 0 Å². The molecule has 0 fully saturated rings. The summed E-state index contributed by atoms with van der Waals surface area (Å²) >= 11 is 0. The van der Waals surface area contributed by atoms with Crippen LogP contribution in [0.2, 0.25) is 0 Å². The lowest BCUT2D eigenvalue weighted by atomic mass is 10.2. The number of benzene rings is 2. The lowest BCUT2D eigenvalue weighted by Crippen LogP contribution is -2.39. The Labute approximate surface area is 149 Å². The summed E-state index contributed by atoms with van der Waals surface area (Å²) in [7, 11) is 2.84. The summed E-state index contributed by atoms with van der Waals surface area (Å²) < 4.78 is 7.85. The maximum atomic E-state index is 12.1. The van der Waals surface area contributed by atoms with Gasteiger partial charge in [0.1, 0.15) is 23.4 Å². The first-order chi connectivity index (χ1) is 12.5. The van der Waals surface area contributed by atoms with Crippen molar-refractivity contribution in [2.75, 3.05) is 5.32 Å². The van der Waals surface area contributed by atoms with Crippen LogP contribution in [-0.4, -0.2) is 9.13 Å². The highest BCUT2D eigenvalue weighted by Crippen LogP contribution is 2.24. The van der Waals surface area contributed by atoms with Crippen LogP contribution in [0.1, 0.15) is 5.56 Å². The topological polar surface area (TPSA) is 89.1 Å². The average Bonchev–Trinajstić information content (AvgIpc) is 2.67. The Morgan fingerprint density at radius 3 is 2.15 bits per heavy atom. The zero-order valence-corrected chi connectivity index (χ0v) is 14.3. The molecule has 0 unspecified atom stereocenters. The van der Waals surface area contributed by atoms with Crippen molar-refractivity contribution >= 4 is 11.5 Å². The van der Waals surface area contributed by atoms with Gasteiger partial charge in [-0.05, 0) is 36.4 Å². The highest BCUT2D eigenvalue weighted by molar-refractivity contribution is 5.63. The summed E-state index contributed by atoms with van der Waals surface area (Å²) in [6.07, 6.45) is 0. The minimum absolute atomic E-state index is 0.126. The smallest absolute Gasteiger partial charge is 0.332 e. The van der Waals surface area contributed by atoms with E-state index in [-0.39, 0.29) is 11.4 Å². The molecular weight excluding hydrogens is 332 g/mol. The van der Waals surface area contributed by atoms with Gasteiger partial charge in [0.25, 0.3) is 5.56 Å². The molecule has 130 valence electrons. The van der Waals surface area contributed by atoms with Crippen LogP contribution in [0.3, 0.4) is 0 Å². The number of nitriles is 1. The predicted molar refractivity (Wildman–Crippen MR) is 97.9 cm³/mol. The zero-order chi connectivity index (χ0) is 18.7. The van der Waals surface area contributed by atoms with Crippen molar-refractivity contribution < 1.29 is 4.74 Å². The predicted octanol–water partition coefficient (Wildman–Crippen LogP) is 2.49. The van der Waals surface area contributed by atoms with Gasteiger partial charge in [0.2, 0.25) is 0 Å². The molecule has 0 radical (unpaired) electrons. The molecule has 3 aromatic rings. The van der Waals surface area contributed by atoms with Gasteiger partial charge in [0, 0.05) is 19.8 Å². The van der Waals surface area contributed by atoms with E-state index >= 15 is 0 Å². The highest BCUT2D eigenvalue weighted by atomic mass is 16.5. The molecule has 1 aromatic heterocycles. The standard InChI is InChI=1S/C19H16N4O3/c1-22-17(16(12-20)18(24)23(2)19(22)25)21-13-8-10-15(11-9-13)26-14-6-4-3-5-7-14/h3-11,21H,1-2H3. The Kier molecular flexibility index (Phi) is 4.58. The highest BCUT2D eigenvalue weighted by Gasteiger charge is 2.15. The number of anilines is 2. The van der Waals surface area contributed by atoms with Crippen LogP contribution in [0.15, 0.2) is 64.2 Å². The molecule has 2 aromatic carbocycles. The second-order valence-corrected chi connectivity index (χ2v) is 5.61. The van der Waals surface area contributed by atoms with Crippen LogP contribution >= 0.6 is 0 Å². The van der Waals surface area contributed by atoms with E-state index in [4.69, 9.17) is 4.74 Å². The van der Waals surface area contributed by atoms with E-state index in [0.29, 0.717) is 17.2 Å². The molecule has 26 heavy (non-hydrogen) atoms. The summed E-state index contributed by atoms with van der Waals surface area (Å²) in [6, 6.07) is 18.2. The third-order valence-corrected chi connectivity index (χ3v) is 3.87. The Bertz CT molecular complexity index is 1090. The van der Waals surface area contributed by atoms with Crippen molar-refractivity contribution in [3.05, 3.63) is 81.0 Å². The molecule has 0 aliphatic carbocycles. The molecule has 0 saturated heterocycles. The number of hydrogen-bond acceptors (Lipinski definition) is 5. The second kappa shape index (κ2) is 6.99. The first-order valence-corrected chi connectivity index (χ1v) is 7.81. The van der Waals surface area contributed by atoms with E-state index in [1.54, 1.807) is 24.3 Å². The number of ether oxygens (including phenoxy) is 1. The van der Waals surface area contributed by atoms with Gasteiger partial charge >= 0.3 is 5.69 Å². The first kappa shape index (κ1) is 17.0. The molecule has 0 aliphatic rings. The van der Waals surface area contributed by atoms with E-state index in [1.807, 2.05) is 36.4 Å². The summed E-state index contributed by atoms with van der Waals surface area (Å²) in [5.41, 5.74) is -0.660. The summed E-state index contributed by atoms with van der Waals surface area (Å²) in [5.74, 6) is 1.51. The fraction of sp³-hybridized carbons (Fsp3) is 0.105. The van der Waals surface area contributed by atoms with Gasteiger partial charge in [-0.2, -0.15) is 5.26 Å². The number of nitrogens with one attached hydrogen (secondary N) is 1. The van der Waals surface area contributed by atoms with Gasteiger partial charge in [-0.25, -0.2) is 4.79 Å². The maximum Gasteiger partial charge on any atom is 0.332 e. The Hall–Kier alpha value is -3.79. The fourth-order valence-corrected chi connectivity index (χ4v) is 2.46. The molecule has 1 N–H and O–H groups in total. The van der Waals surface area contributed by atoms with E-state index in [1.165, 1.54) is 18.7 Å². The van der Waals surface area contributed by atoms with Gasteiger partial charge in [-0.15, -0.1) is 0 Å². The molecule has 0 spiro atoms. The molecular formula is C19H16N4O3. The number of nitrogens with zero attached hydrogens (tertiary/aromatic N) is 3.